The number of hydrogen-bond donors (Lipinski definition) is 2. The maximum Gasteiger partial charge on any atom is 0.381 e. The van der Waals surface area contributed by atoms with Crippen LogP contribution in [0.5, 0.6) is 0 Å². The van der Waals surface area contributed by atoms with Gasteiger partial charge in [-0.15, -0.1) is 0 Å². The summed E-state index contributed by atoms with van der Waals surface area (Å²) in [5.74, 6) is -1.70. The highest BCUT2D eigenvalue weighted by Crippen LogP contribution is 2.63. The van der Waals surface area contributed by atoms with Crippen molar-refractivity contribution in [2.75, 3.05) is 27.1 Å². The predicted octanol–water partition coefficient (Wildman–Crippen LogP) is 1.00. The third kappa shape index (κ3) is 6.69. The Hall–Kier alpha value is -2.17. The van der Waals surface area contributed by atoms with E-state index in [9.17, 15) is 19.3 Å². The Morgan fingerprint density at radius 1 is 1.34 bits per heavy atom. The van der Waals surface area contributed by atoms with Crippen LogP contribution in [0, 0.1) is 5.41 Å². The summed E-state index contributed by atoms with van der Waals surface area (Å²) in [5, 5.41) is 2.55. The highest BCUT2D eigenvalue weighted by atomic mass is 31.2. The number of methoxy groups -OCH3 is 1. The van der Waals surface area contributed by atoms with Crippen molar-refractivity contribution in [3.05, 3.63) is 30.1 Å². The molecular formula is C17H24N2O9P. The molecule has 0 spiro atoms. The number of carbonyl (C=O) groups is 3. The van der Waals surface area contributed by atoms with Gasteiger partial charge in [0.25, 0.3) is 0 Å². The highest BCUT2D eigenvalue weighted by Gasteiger charge is 2.50. The Bertz CT molecular complexity index is 731. The molecule has 1 radical (unpaired) electrons. The molecule has 2 N–H and O–H groups in total. The van der Waals surface area contributed by atoms with E-state index in [0.717, 1.165) is 0 Å². The number of carbonyl (C=O) groups excluding carboxylic acids is 3. The number of amides is 1. The number of esters is 2. The SMILES string of the molecule is COC(=O)CCNC(=O)[C@@H]1O[P](O)(OCOC(=O)c2ccncc2)OCC1(C)C. The highest BCUT2D eigenvalue weighted by molar-refractivity contribution is 7.55. The molecule has 1 amide bonds. The van der Waals surface area contributed by atoms with Crippen molar-refractivity contribution < 1.29 is 42.3 Å². The van der Waals surface area contributed by atoms with Crippen LogP contribution in [-0.2, 0) is 32.6 Å². The molecule has 11 nitrogen and oxygen atoms in total. The number of nitrogens with zero attached hydrogens (tertiary/aromatic N) is 1. The van der Waals surface area contributed by atoms with Crippen molar-refractivity contribution in [1.29, 1.82) is 0 Å². The maximum atomic E-state index is 12.5. The summed E-state index contributed by atoms with van der Waals surface area (Å²) in [5.41, 5.74) is -0.526. The molecule has 161 valence electrons. The zero-order valence-corrected chi connectivity index (χ0v) is 17.2. The average molecular weight is 431 g/mol. The standard InChI is InChI=1S/C17H24N2O9P/c1-17(2)10-26-29(23,27-11-25-16(22)12-4-7-18-8-5-12)28-14(17)15(21)19-9-6-13(20)24-3/h4-5,7-8,14,23H,6,9-11H2,1-3H3,(H,19,21)/t14-/m0/s1. The first-order chi connectivity index (χ1) is 13.7. The first kappa shape index (κ1) is 23.1. The average Bonchev–Trinajstić information content (AvgIpc) is 2.70. The lowest BCUT2D eigenvalue weighted by Gasteiger charge is -2.43. The van der Waals surface area contributed by atoms with E-state index in [1.165, 1.54) is 31.6 Å². The molecule has 0 aromatic carbocycles. The van der Waals surface area contributed by atoms with Crippen LogP contribution in [-0.4, -0.2) is 60.9 Å². The van der Waals surface area contributed by atoms with E-state index in [0.29, 0.717) is 0 Å². The van der Waals surface area contributed by atoms with Crippen LogP contribution in [0.2, 0.25) is 0 Å². The van der Waals surface area contributed by atoms with Crippen LogP contribution in [0.15, 0.2) is 24.5 Å². The van der Waals surface area contributed by atoms with Crippen LogP contribution >= 0.6 is 8.17 Å². The molecular weight excluding hydrogens is 407 g/mol. The van der Waals surface area contributed by atoms with Crippen LogP contribution in [0.1, 0.15) is 30.6 Å². The molecule has 2 rings (SSSR count). The van der Waals surface area contributed by atoms with Gasteiger partial charge in [0.15, 0.2) is 6.10 Å². The predicted molar refractivity (Wildman–Crippen MR) is 99.0 cm³/mol. The van der Waals surface area contributed by atoms with E-state index in [1.54, 1.807) is 13.8 Å². The fourth-order valence-corrected chi connectivity index (χ4v) is 3.83. The lowest BCUT2D eigenvalue weighted by molar-refractivity contribution is -0.146. The summed E-state index contributed by atoms with van der Waals surface area (Å²) in [4.78, 5) is 49.7. The van der Waals surface area contributed by atoms with E-state index in [1.807, 2.05) is 0 Å². The number of hydrogen-bond acceptors (Lipinski definition) is 10. The molecule has 1 saturated heterocycles. The Labute approximate surface area is 168 Å². The van der Waals surface area contributed by atoms with Crippen molar-refractivity contribution in [2.45, 2.75) is 26.4 Å². The molecule has 0 aliphatic carbocycles. The van der Waals surface area contributed by atoms with E-state index in [2.05, 4.69) is 15.0 Å². The van der Waals surface area contributed by atoms with Gasteiger partial charge in [0.2, 0.25) is 12.7 Å². The first-order valence-electron chi connectivity index (χ1n) is 8.68. The van der Waals surface area contributed by atoms with E-state index >= 15 is 0 Å². The van der Waals surface area contributed by atoms with Gasteiger partial charge in [-0.05, 0) is 12.1 Å². The number of aromatic nitrogens is 1. The minimum absolute atomic E-state index is 0.00719. The van der Waals surface area contributed by atoms with Crippen LogP contribution in [0.4, 0.5) is 0 Å². The van der Waals surface area contributed by atoms with Gasteiger partial charge >= 0.3 is 20.1 Å². The minimum atomic E-state index is -3.90. The molecule has 0 saturated carbocycles. The molecule has 1 aliphatic rings. The third-order valence-corrected chi connectivity index (χ3v) is 5.33. The van der Waals surface area contributed by atoms with E-state index in [-0.39, 0.29) is 25.1 Å². The largest absolute Gasteiger partial charge is 0.469 e. The zero-order chi connectivity index (χ0) is 21.5. The second-order valence-corrected chi connectivity index (χ2v) is 8.41. The maximum absolute atomic E-state index is 12.5. The molecule has 12 heteroatoms. The van der Waals surface area contributed by atoms with Crippen LogP contribution in [0.3, 0.4) is 0 Å². The Balaban J connectivity index is 1.89. The van der Waals surface area contributed by atoms with Crippen LogP contribution < -0.4 is 5.32 Å². The monoisotopic (exact) mass is 431 g/mol. The third-order valence-electron chi connectivity index (χ3n) is 3.96. The van der Waals surface area contributed by atoms with Crippen LogP contribution in [0.25, 0.3) is 0 Å². The molecule has 1 fully saturated rings. The smallest absolute Gasteiger partial charge is 0.381 e. The molecule has 1 aliphatic heterocycles. The molecule has 2 heterocycles. The van der Waals surface area contributed by atoms with Gasteiger partial charge in [0.05, 0.1) is 25.7 Å². The van der Waals surface area contributed by atoms with Gasteiger partial charge in [0.1, 0.15) is 0 Å². The molecule has 1 aromatic heterocycles. The van der Waals surface area contributed by atoms with Gasteiger partial charge in [0, 0.05) is 24.4 Å². The molecule has 29 heavy (non-hydrogen) atoms. The zero-order valence-electron chi connectivity index (χ0n) is 16.3. The second-order valence-electron chi connectivity index (χ2n) is 6.75. The first-order valence-corrected chi connectivity index (χ1v) is 10.2. The topological polar surface area (TPSA) is 143 Å². The molecule has 1 unspecified atom stereocenters. The summed E-state index contributed by atoms with van der Waals surface area (Å²) in [7, 11) is -2.65. The molecule has 1 aromatic rings. The lowest BCUT2D eigenvalue weighted by atomic mass is 9.87. The fourth-order valence-electron chi connectivity index (χ4n) is 2.30. The number of rotatable bonds is 8. The number of ether oxygens (including phenoxy) is 2. The van der Waals surface area contributed by atoms with Gasteiger partial charge in [-0.3, -0.25) is 28.1 Å². The summed E-state index contributed by atoms with van der Waals surface area (Å²) in [6, 6.07) is 2.91. The van der Waals surface area contributed by atoms with E-state index < -0.39 is 44.3 Å². The van der Waals surface area contributed by atoms with Gasteiger partial charge in [-0.1, -0.05) is 13.8 Å². The Morgan fingerprint density at radius 3 is 2.69 bits per heavy atom. The normalized spacial score (nSPS) is 23.1. The summed E-state index contributed by atoms with van der Waals surface area (Å²) in [6.45, 7) is 2.80. The van der Waals surface area contributed by atoms with Gasteiger partial charge in [-0.25, -0.2) is 4.79 Å². The van der Waals surface area contributed by atoms with E-state index in [4.69, 9.17) is 18.3 Å². The lowest BCUT2D eigenvalue weighted by Crippen LogP contribution is -2.50. The molecule has 0 bridgehead atoms. The van der Waals surface area contributed by atoms with Crippen molar-refractivity contribution in [1.82, 2.24) is 10.3 Å². The summed E-state index contributed by atoms with van der Waals surface area (Å²) in [6.07, 6.45) is 1.74. The summed E-state index contributed by atoms with van der Waals surface area (Å²) < 4.78 is 25.2. The van der Waals surface area contributed by atoms with Gasteiger partial charge in [-0.2, -0.15) is 0 Å². The van der Waals surface area contributed by atoms with Crippen molar-refractivity contribution in [3.63, 3.8) is 0 Å². The van der Waals surface area contributed by atoms with Crippen molar-refractivity contribution in [2.24, 2.45) is 5.41 Å². The number of nitrogens with one attached hydrogen (secondary N) is 1. The quantitative estimate of drug-likeness (QED) is 0.348. The minimum Gasteiger partial charge on any atom is -0.469 e. The van der Waals surface area contributed by atoms with Crippen molar-refractivity contribution in [3.8, 4) is 0 Å². The Kier molecular flexibility index (Phi) is 8.00. The van der Waals surface area contributed by atoms with Gasteiger partial charge < -0.3 is 19.7 Å². The fraction of sp³-hybridized carbons (Fsp3) is 0.529. The Morgan fingerprint density at radius 2 is 2.03 bits per heavy atom. The number of pyridine rings is 1. The summed E-state index contributed by atoms with van der Waals surface area (Å²) >= 11 is 0. The second kappa shape index (κ2) is 10.0. The van der Waals surface area contributed by atoms with Crippen molar-refractivity contribution >= 4 is 26.0 Å². The molecule has 2 atom stereocenters.